The number of allylic oxidation sites excluding steroid dienone is 1. The summed E-state index contributed by atoms with van der Waals surface area (Å²) in [5, 5.41) is 3.50. The highest BCUT2D eigenvalue weighted by Gasteiger charge is 1.83. The lowest BCUT2D eigenvalue weighted by molar-refractivity contribution is 0.249. The summed E-state index contributed by atoms with van der Waals surface area (Å²) in [7, 11) is 0. The van der Waals surface area contributed by atoms with E-state index in [0.717, 1.165) is 5.57 Å². The summed E-state index contributed by atoms with van der Waals surface area (Å²) in [6, 6.07) is -0.655. The van der Waals surface area contributed by atoms with Crippen molar-refractivity contribution in [3.05, 3.63) is 12.2 Å². The number of rotatable bonds is 3. The van der Waals surface area contributed by atoms with Crippen molar-refractivity contribution in [3.63, 3.8) is 0 Å². The van der Waals surface area contributed by atoms with Crippen LogP contribution in [0.1, 0.15) is 13.3 Å². The molecule has 2 amide bonds. The smallest absolute Gasteiger partial charge is 0.332 e. The summed E-state index contributed by atoms with van der Waals surface area (Å²) in [6.45, 7) is 5.51. The Morgan fingerprint density at radius 1 is 1.90 bits per heavy atom. The highest BCUT2D eigenvalue weighted by molar-refractivity contribution is 5.73. The van der Waals surface area contributed by atoms with E-state index in [1.807, 2.05) is 6.92 Å². The fourth-order valence-corrected chi connectivity index (χ4v) is 0.311. The third-order valence-corrected chi connectivity index (χ3v) is 0.706. The van der Waals surface area contributed by atoms with Crippen LogP contribution in [0.5, 0.6) is 0 Å². The van der Waals surface area contributed by atoms with Crippen LogP contribution >= 0.6 is 0 Å². The number of nitrogens with one attached hydrogen (secondary N) is 1. The topological polar surface area (TPSA) is 67.5 Å². The summed E-state index contributed by atoms with van der Waals surface area (Å²) in [5.74, 6) is 0. The minimum Gasteiger partial charge on any atom is -0.350 e. The number of carbonyl (C=O) groups is 1. The molecule has 4 heteroatoms. The van der Waals surface area contributed by atoms with Gasteiger partial charge >= 0.3 is 6.03 Å². The highest BCUT2D eigenvalue weighted by atomic mass is 16.2. The van der Waals surface area contributed by atoms with Crippen LogP contribution in [0.3, 0.4) is 0 Å². The summed E-state index contributed by atoms with van der Waals surface area (Å²) in [5.41, 5.74) is 7.77. The zero-order valence-electron chi connectivity index (χ0n) is 5.92. The molecule has 0 saturated heterocycles. The lowest BCUT2D eigenvalue weighted by Crippen LogP contribution is -2.24. The van der Waals surface area contributed by atoms with Gasteiger partial charge < -0.3 is 5.73 Å². The first-order chi connectivity index (χ1) is 4.63. The molecule has 0 radical (unpaired) electrons. The number of hydrazone groups is 1. The molecule has 0 aromatic carbocycles. The van der Waals surface area contributed by atoms with E-state index in [2.05, 4.69) is 17.1 Å². The standard InChI is InChI=1S/C6H11N3O/c1-5(2)3-4-8-9-6(7)10/h4H,1,3H2,2H3,(H3,7,9,10)/b8-4+. The fraction of sp³-hybridized carbons (Fsp3) is 0.333. The quantitative estimate of drug-likeness (QED) is 0.337. The predicted molar refractivity (Wildman–Crippen MR) is 40.6 cm³/mol. The van der Waals surface area contributed by atoms with Crippen LogP contribution in [-0.2, 0) is 0 Å². The third-order valence-electron chi connectivity index (χ3n) is 0.706. The molecule has 3 N–H and O–H groups in total. The molecule has 0 rings (SSSR count). The van der Waals surface area contributed by atoms with Crippen LogP contribution in [0.4, 0.5) is 4.79 Å². The Kier molecular flexibility index (Phi) is 3.95. The van der Waals surface area contributed by atoms with Crippen LogP contribution in [0.25, 0.3) is 0 Å². The van der Waals surface area contributed by atoms with Crippen LogP contribution in [0, 0.1) is 0 Å². The van der Waals surface area contributed by atoms with Crippen molar-refractivity contribution in [2.75, 3.05) is 0 Å². The normalized spacial score (nSPS) is 9.70. The second kappa shape index (κ2) is 4.55. The monoisotopic (exact) mass is 141 g/mol. The Balaban J connectivity index is 3.38. The zero-order chi connectivity index (χ0) is 7.98. The molecule has 0 fully saturated rings. The van der Waals surface area contributed by atoms with Crippen LogP contribution in [0.2, 0.25) is 0 Å². The van der Waals surface area contributed by atoms with Gasteiger partial charge in [-0.1, -0.05) is 12.2 Å². The van der Waals surface area contributed by atoms with Crippen LogP contribution in [0.15, 0.2) is 17.3 Å². The first-order valence-electron chi connectivity index (χ1n) is 2.84. The molecular formula is C6H11N3O. The van der Waals surface area contributed by atoms with Crippen molar-refractivity contribution in [2.24, 2.45) is 10.8 Å². The Morgan fingerprint density at radius 2 is 2.50 bits per heavy atom. The first kappa shape index (κ1) is 8.68. The molecule has 56 valence electrons. The summed E-state index contributed by atoms with van der Waals surface area (Å²) in [6.07, 6.45) is 2.19. The molecule has 4 nitrogen and oxygen atoms in total. The minimum absolute atomic E-state index is 0.653. The van der Waals surface area contributed by atoms with E-state index in [1.54, 1.807) is 0 Å². The molecule has 0 unspecified atom stereocenters. The summed E-state index contributed by atoms with van der Waals surface area (Å²) >= 11 is 0. The maximum atomic E-state index is 10.0. The number of amides is 2. The van der Waals surface area contributed by atoms with Gasteiger partial charge in [0.1, 0.15) is 0 Å². The van der Waals surface area contributed by atoms with E-state index >= 15 is 0 Å². The number of primary amides is 1. The Hall–Kier alpha value is -1.32. The van der Waals surface area contributed by atoms with Gasteiger partial charge in [0.05, 0.1) is 0 Å². The number of hydrogen-bond donors (Lipinski definition) is 2. The van der Waals surface area contributed by atoms with Crippen LogP contribution < -0.4 is 11.2 Å². The lowest BCUT2D eigenvalue weighted by Gasteiger charge is -1.90. The average molecular weight is 141 g/mol. The predicted octanol–water partition coefficient (Wildman–Crippen LogP) is 0.607. The van der Waals surface area contributed by atoms with Gasteiger partial charge in [0.2, 0.25) is 0 Å². The second-order valence-electron chi connectivity index (χ2n) is 1.95. The Bertz CT molecular complexity index is 144. The second-order valence-corrected chi connectivity index (χ2v) is 1.95. The molecule has 0 saturated carbocycles. The number of nitrogens with zero attached hydrogens (tertiary/aromatic N) is 1. The van der Waals surface area contributed by atoms with Crippen molar-refractivity contribution in [2.45, 2.75) is 13.3 Å². The van der Waals surface area contributed by atoms with Gasteiger partial charge in [0, 0.05) is 12.6 Å². The SMILES string of the molecule is C=C(C)C/C=N/NC(N)=O. The van der Waals surface area contributed by atoms with Gasteiger partial charge in [0.15, 0.2) is 0 Å². The van der Waals surface area contributed by atoms with E-state index in [-0.39, 0.29) is 0 Å². The van der Waals surface area contributed by atoms with Gasteiger partial charge in [-0.3, -0.25) is 0 Å². The van der Waals surface area contributed by atoms with Gasteiger partial charge in [-0.2, -0.15) is 5.10 Å². The maximum Gasteiger partial charge on any atom is 0.332 e. The van der Waals surface area contributed by atoms with E-state index in [0.29, 0.717) is 6.42 Å². The highest BCUT2D eigenvalue weighted by Crippen LogP contribution is 1.88. The average Bonchev–Trinajstić information content (AvgIpc) is 1.79. The first-order valence-corrected chi connectivity index (χ1v) is 2.84. The number of hydrogen-bond acceptors (Lipinski definition) is 2. The molecule has 0 aromatic rings. The number of carbonyl (C=O) groups excluding carboxylic acids is 1. The van der Waals surface area contributed by atoms with Gasteiger partial charge in [-0.05, 0) is 6.92 Å². The molecule has 0 bridgehead atoms. The molecule has 0 aliphatic carbocycles. The largest absolute Gasteiger partial charge is 0.350 e. The molecule has 10 heavy (non-hydrogen) atoms. The van der Waals surface area contributed by atoms with Gasteiger partial charge in [-0.25, -0.2) is 10.2 Å². The van der Waals surface area contributed by atoms with E-state index in [4.69, 9.17) is 5.73 Å². The molecule has 0 aliphatic rings. The van der Waals surface area contributed by atoms with Crippen molar-refractivity contribution >= 4 is 12.2 Å². The van der Waals surface area contributed by atoms with E-state index in [1.165, 1.54) is 6.21 Å². The number of urea groups is 1. The van der Waals surface area contributed by atoms with Crippen molar-refractivity contribution < 1.29 is 4.79 Å². The van der Waals surface area contributed by atoms with E-state index in [9.17, 15) is 4.79 Å². The number of nitrogens with two attached hydrogens (primary N) is 1. The molecule has 0 heterocycles. The zero-order valence-corrected chi connectivity index (χ0v) is 5.92. The summed E-state index contributed by atoms with van der Waals surface area (Å²) in [4.78, 5) is 10.0. The van der Waals surface area contributed by atoms with Crippen molar-refractivity contribution in [3.8, 4) is 0 Å². The molecule has 0 spiro atoms. The maximum absolute atomic E-state index is 10.0. The minimum atomic E-state index is -0.655. The Morgan fingerprint density at radius 3 is 2.90 bits per heavy atom. The third kappa shape index (κ3) is 6.68. The van der Waals surface area contributed by atoms with Gasteiger partial charge in [-0.15, -0.1) is 0 Å². The van der Waals surface area contributed by atoms with Crippen LogP contribution in [-0.4, -0.2) is 12.2 Å². The van der Waals surface area contributed by atoms with Crippen molar-refractivity contribution in [1.82, 2.24) is 5.43 Å². The molecule has 0 aliphatic heterocycles. The van der Waals surface area contributed by atoms with Crippen molar-refractivity contribution in [1.29, 1.82) is 0 Å². The summed E-state index contributed by atoms with van der Waals surface area (Å²) < 4.78 is 0. The van der Waals surface area contributed by atoms with E-state index < -0.39 is 6.03 Å². The molecule has 0 atom stereocenters. The lowest BCUT2D eigenvalue weighted by atomic mass is 10.3. The Labute approximate surface area is 59.8 Å². The molecule has 0 aromatic heterocycles. The molecular weight excluding hydrogens is 130 g/mol. The van der Waals surface area contributed by atoms with Gasteiger partial charge in [0.25, 0.3) is 0 Å². The fourth-order valence-electron chi connectivity index (χ4n) is 0.311.